The third-order valence-electron chi connectivity index (χ3n) is 5.64. The van der Waals surface area contributed by atoms with Crippen molar-refractivity contribution in [2.75, 3.05) is 18.4 Å². The van der Waals surface area contributed by atoms with Gasteiger partial charge in [-0.3, -0.25) is 14.4 Å². The summed E-state index contributed by atoms with van der Waals surface area (Å²) in [4.78, 5) is 42.7. The van der Waals surface area contributed by atoms with Gasteiger partial charge in [-0.05, 0) is 36.8 Å². The van der Waals surface area contributed by atoms with Crippen molar-refractivity contribution in [2.24, 2.45) is 0 Å². The molecule has 1 aromatic heterocycles. The first-order chi connectivity index (χ1) is 14.3. The van der Waals surface area contributed by atoms with Gasteiger partial charge in [0.1, 0.15) is 17.2 Å². The van der Waals surface area contributed by atoms with Crippen molar-refractivity contribution in [2.45, 2.75) is 38.7 Å². The van der Waals surface area contributed by atoms with Crippen molar-refractivity contribution in [1.82, 2.24) is 9.88 Å². The SMILES string of the molecule is CC(=O)Nc1cc(C(=O)N2CCC3(CC2)CC(=O)c2cc(Cl)c(C)cc2O3)ccn1. The summed E-state index contributed by atoms with van der Waals surface area (Å²) in [5.41, 5.74) is 1.25. The molecule has 2 aromatic rings. The van der Waals surface area contributed by atoms with Gasteiger partial charge >= 0.3 is 0 Å². The largest absolute Gasteiger partial charge is 0.486 e. The van der Waals surface area contributed by atoms with Gasteiger partial charge in [0.15, 0.2) is 5.78 Å². The van der Waals surface area contributed by atoms with Gasteiger partial charge in [-0.25, -0.2) is 4.98 Å². The second kappa shape index (κ2) is 7.72. The molecule has 0 radical (unpaired) electrons. The standard InChI is InChI=1S/C22H22ClN3O4/c1-13-9-19-16(11-17(13)23)18(28)12-22(30-19)4-7-26(8-5-22)21(29)15-3-6-24-20(10-15)25-14(2)27/h3,6,9-11H,4-5,7-8,12H2,1-2H3,(H,24,25,27). The predicted octanol–water partition coefficient (Wildman–Crippen LogP) is 3.64. The van der Waals surface area contributed by atoms with Gasteiger partial charge in [0, 0.05) is 49.6 Å². The number of hydrogen-bond acceptors (Lipinski definition) is 5. The molecular weight excluding hydrogens is 406 g/mol. The van der Waals surface area contributed by atoms with Crippen LogP contribution in [0.15, 0.2) is 30.5 Å². The third-order valence-corrected chi connectivity index (χ3v) is 6.05. The Balaban J connectivity index is 1.47. The molecule has 3 heterocycles. The van der Waals surface area contributed by atoms with Crippen molar-refractivity contribution >= 4 is 35.0 Å². The normalized spacial score (nSPS) is 17.3. The molecule has 2 aliphatic rings. The van der Waals surface area contributed by atoms with E-state index in [1.54, 1.807) is 23.1 Å². The zero-order chi connectivity index (χ0) is 21.5. The molecule has 0 saturated carbocycles. The Labute approximate surface area is 179 Å². The highest BCUT2D eigenvalue weighted by Crippen LogP contribution is 2.41. The summed E-state index contributed by atoms with van der Waals surface area (Å²) in [6.45, 7) is 4.22. The molecule has 1 N–H and O–H groups in total. The van der Waals surface area contributed by atoms with E-state index < -0.39 is 5.60 Å². The number of halogens is 1. The molecule has 156 valence electrons. The average molecular weight is 428 g/mol. The average Bonchev–Trinajstić information content (AvgIpc) is 2.69. The number of hydrogen-bond donors (Lipinski definition) is 1. The summed E-state index contributed by atoms with van der Waals surface area (Å²) in [5.74, 6) is 0.551. The van der Waals surface area contributed by atoms with Crippen LogP contribution in [0.3, 0.4) is 0 Å². The molecule has 0 bridgehead atoms. The van der Waals surface area contributed by atoms with Crippen LogP contribution >= 0.6 is 11.6 Å². The molecule has 2 aliphatic heterocycles. The number of aryl methyl sites for hydroxylation is 1. The van der Waals surface area contributed by atoms with Crippen LogP contribution < -0.4 is 10.1 Å². The van der Waals surface area contributed by atoms with Crippen LogP contribution in [0.25, 0.3) is 0 Å². The molecule has 8 heteroatoms. The van der Waals surface area contributed by atoms with Crippen molar-refractivity contribution in [3.63, 3.8) is 0 Å². The number of nitrogens with zero attached hydrogens (tertiary/aromatic N) is 2. The Kier molecular flexibility index (Phi) is 5.24. The molecule has 2 amide bonds. The van der Waals surface area contributed by atoms with Gasteiger partial charge in [0.05, 0.1) is 12.0 Å². The lowest BCUT2D eigenvalue weighted by atomic mass is 9.82. The van der Waals surface area contributed by atoms with Gasteiger partial charge < -0.3 is 15.0 Å². The minimum atomic E-state index is -0.597. The van der Waals surface area contributed by atoms with Gasteiger partial charge in [-0.15, -0.1) is 0 Å². The first-order valence-electron chi connectivity index (χ1n) is 9.82. The number of piperidine rings is 1. The van der Waals surface area contributed by atoms with E-state index in [0.717, 1.165) is 5.56 Å². The van der Waals surface area contributed by atoms with Gasteiger partial charge in [0.2, 0.25) is 5.91 Å². The minimum absolute atomic E-state index is 0.0204. The number of benzene rings is 1. The van der Waals surface area contributed by atoms with E-state index in [-0.39, 0.29) is 24.0 Å². The maximum Gasteiger partial charge on any atom is 0.254 e. The molecule has 1 fully saturated rings. The fourth-order valence-corrected chi connectivity index (χ4v) is 4.17. The molecule has 0 aliphatic carbocycles. The maximum absolute atomic E-state index is 12.9. The minimum Gasteiger partial charge on any atom is -0.486 e. The Bertz CT molecular complexity index is 1040. The molecular formula is C22H22ClN3O4. The number of likely N-dealkylation sites (tertiary alicyclic amines) is 1. The topological polar surface area (TPSA) is 88.6 Å². The number of aromatic nitrogens is 1. The number of ether oxygens (including phenoxy) is 1. The van der Waals surface area contributed by atoms with Crippen LogP contribution in [0.5, 0.6) is 5.75 Å². The summed E-state index contributed by atoms with van der Waals surface area (Å²) in [6, 6.07) is 6.68. The highest BCUT2D eigenvalue weighted by atomic mass is 35.5. The Morgan fingerprint density at radius 1 is 1.23 bits per heavy atom. The predicted molar refractivity (Wildman–Crippen MR) is 112 cm³/mol. The molecule has 4 rings (SSSR count). The summed E-state index contributed by atoms with van der Waals surface area (Å²) >= 11 is 6.16. The molecule has 1 spiro atoms. The van der Waals surface area contributed by atoms with E-state index >= 15 is 0 Å². The smallest absolute Gasteiger partial charge is 0.254 e. The second-order valence-electron chi connectivity index (χ2n) is 7.89. The lowest BCUT2D eigenvalue weighted by Gasteiger charge is -2.44. The van der Waals surface area contributed by atoms with Crippen molar-refractivity contribution < 1.29 is 19.1 Å². The second-order valence-corrected chi connectivity index (χ2v) is 8.29. The molecule has 1 aromatic carbocycles. The maximum atomic E-state index is 12.9. The van der Waals surface area contributed by atoms with Crippen molar-refractivity contribution in [3.05, 3.63) is 52.2 Å². The fourth-order valence-electron chi connectivity index (χ4n) is 4.01. The van der Waals surface area contributed by atoms with Gasteiger partial charge in [-0.1, -0.05) is 11.6 Å². The Morgan fingerprint density at radius 3 is 2.67 bits per heavy atom. The van der Waals surface area contributed by atoms with Crippen LogP contribution in [0.4, 0.5) is 5.82 Å². The monoisotopic (exact) mass is 427 g/mol. The molecule has 30 heavy (non-hydrogen) atoms. The number of ketones is 1. The Morgan fingerprint density at radius 2 is 1.97 bits per heavy atom. The fraction of sp³-hybridized carbons (Fsp3) is 0.364. The zero-order valence-electron chi connectivity index (χ0n) is 16.8. The number of Topliss-reactive ketones (excluding diaryl/α,β-unsaturated/α-hetero) is 1. The molecule has 0 atom stereocenters. The van der Waals surface area contributed by atoms with Crippen molar-refractivity contribution in [1.29, 1.82) is 0 Å². The van der Waals surface area contributed by atoms with Crippen LogP contribution in [-0.4, -0.2) is 46.2 Å². The van der Waals surface area contributed by atoms with E-state index in [1.807, 2.05) is 13.0 Å². The van der Waals surface area contributed by atoms with Crippen LogP contribution in [0.1, 0.15) is 52.5 Å². The zero-order valence-corrected chi connectivity index (χ0v) is 17.6. The number of amides is 2. The number of rotatable bonds is 2. The van der Waals surface area contributed by atoms with E-state index in [2.05, 4.69) is 10.3 Å². The highest BCUT2D eigenvalue weighted by molar-refractivity contribution is 6.31. The van der Waals surface area contributed by atoms with Crippen molar-refractivity contribution in [3.8, 4) is 5.75 Å². The summed E-state index contributed by atoms with van der Waals surface area (Å²) in [7, 11) is 0. The number of pyridine rings is 1. The van der Waals surface area contributed by atoms with E-state index in [1.165, 1.54) is 13.1 Å². The lowest BCUT2D eigenvalue weighted by Crippen LogP contribution is -2.52. The summed E-state index contributed by atoms with van der Waals surface area (Å²) in [5, 5.41) is 3.14. The van der Waals surface area contributed by atoms with E-state index in [4.69, 9.17) is 16.3 Å². The molecule has 7 nitrogen and oxygen atoms in total. The van der Waals surface area contributed by atoms with Gasteiger partial charge in [0.25, 0.3) is 5.91 Å². The number of fused-ring (bicyclic) bond motifs is 1. The van der Waals surface area contributed by atoms with E-state index in [0.29, 0.717) is 53.6 Å². The number of carbonyl (C=O) groups excluding carboxylic acids is 3. The number of anilines is 1. The first kappa shape index (κ1) is 20.3. The number of carbonyl (C=O) groups is 3. The molecule has 0 unspecified atom stereocenters. The van der Waals surface area contributed by atoms with Crippen LogP contribution in [0.2, 0.25) is 5.02 Å². The number of nitrogens with one attached hydrogen (secondary N) is 1. The summed E-state index contributed by atoms with van der Waals surface area (Å²) in [6.07, 6.45) is 2.91. The van der Waals surface area contributed by atoms with Crippen LogP contribution in [0, 0.1) is 6.92 Å². The quantitative estimate of drug-likeness (QED) is 0.790. The van der Waals surface area contributed by atoms with Gasteiger partial charge in [-0.2, -0.15) is 0 Å². The van der Waals surface area contributed by atoms with Crippen LogP contribution in [-0.2, 0) is 4.79 Å². The van der Waals surface area contributed by atoms with E-state index in [9.17, 15) is 14.4 Å². The highest BCUT2D eigenvalue weighted by Gasteiger charge is 2.44. The summed E-state index contributed by atoms with van der Waals surface area (Å²) < 4.78 is 6.29. The first-order valence-corrected chi connectivity index (χ1v) is 10.2. The third kappa shape index (κ3) is 3.89. The lowest BCUT2D eigenvalue weighted by molar-refractivity contribution is -0.114. The Hall–Kier alpha value is -2.93. The molecule has 1 saturated heterocycles.